The van der Waals surface area contributed by atoms with Crippen molar-refractivity contribution in [1.82, 2.24) is 9.80 Å². The Morgan fingerprint density at radius 2 is 1.75 bits per heavy atom. The van der Waals surface area contributed by atoms with E-state index in [1.807, 2.05) is 6.07 Å². The fourth-order valence-corrected chi connectivity index (χ4v) is 5.73. The third kappa shape index (κ3) is 6.37. The van der Waals surface area contributed by atoms with Gasteiger partial charge in [-0.25, -0.2) is 0 Å². The Kier molecular flexibility index (Phi) is 7.97. The van der Waals surface area contributed by atoms with Gasteiger partial charge in [0.15, 0.2) is 0 Å². The van der Waals surface area contributed by atoms with Crippen LogP contribution in [0.25, 0.3) is 0 Å². The Bertz CT molecular complexity index is 719. The van der Waals surface area contributed by atoms with E-state index in [0.29, 0.717) is 6.04 Å². The van der Waals surface area contributed by atoms with Crippen molar-refractivity contribution < 1.29 is 27.8 Å². The van der Waals surface area contributed by atoms with Crippen LogP contribution in [0.2, 0.25) is 0 Å². The number of benzene rings is 1. The predicted octanol–water partition coefficient (Wildman–Crippen LogP) is 4.02. The van der Waals surface area contributed by atoms with Gasteiger partial charge in [0.25, 0.3) is 0 Å². The molecule has 3 aliphatic rings. The highest BCUT2D eigenvalue weighted by Crippen LogP contribution is 2.39. The molecule has 1 aromatic carbocycles. The standard InChI is InChI=1S/C24H35F3N2O3/c25-24(26,27)32-20-5-3-4-18(16-20)22(21-6-1-2-7-23(21)30)17-28-10-8-19(9-11-28)29-12-14-31-15-13-29/h3-5,16,19,21-23,30H,1-2,6-15,17H2. The van der Waals surface area contributed by atoms with Gasteiger partial charge in [0.1, 0.15) is 5.75 Å². The van der Waals surface area contributed by atoms with E-state index < -0.39 is 12.5 Å². The molecule has 0 aromatic heterocycles. The summed E-state index contributed by atoms with van der Waals surface area (Å²) in [5.41, 5.74) is 0.827. The number of piperidine rings is 1. The smallest absolute Gasteiger partial charge is 0.406 e. The molecule has 0 amide bonds. The first-order chi connectivity index (χ1) is 15.4. The number of aliphatic hydroxyl groups is 1. The van der Waals surface area contributed by atoms with Gasteiger partial charge in [0.2, 0.25) is 0 Å². The van der Waals surface area contributed by atoms with Crippen molar-refractivity contribution >= 4 is 0 Å². The van der Waals surface area contributed by atoms with Crippen molar-refractivity contribution in [2.75, 3.05) is 45.9 Å². The van der Waals surface area contributed by atoms with Gasteiger partial charge in [0.05, 0.1) is 19.3 Å². The summed E-state index contributed by atoms with van der Waals surface area (Å²) in [4.78, 5) is 4.96. The lowest BCUT2D eigenvalue weighted by Gasteiger charge is -2.42. The number of morpholine rings is 1. The Hall–Kier alpha value is -1.35. The Balaban J connectivity index is 1.45. The number of likely N-dealkylation sites (tertiary alicyclic amines) is 1. The van der Waals surface area contributed by atoms with E-state index in [1.165, 1.54) is 12.1 Å². The fraction of sp³-hybridized carbons (Fsp3) is 0.750. The van der Waals surface area contributed by atoms with Crippen LogP contribution in [-0.2, 0) is 4.74 Å². The number of hydrogen-bond donors (Lipinski definition) is 1. The van der Waals surface area contributed by atoms with Crippen LogP contribution in [0, 0.1) is 5.92 Å². The number of ether oxygens (including phenoxy) is 2. The number of aliphatic hydroxyl groups excluding tert-OH is 1. The molecule has 32 heavy (non-hydrogen) atoms. The average molecular weight is 457 g/mol. The van der Waals surface area contributed by atoms with Gasteiger partial charge in [0, 0.05) is 31.6 Å². The molecule has 3 fully saturated rings. The summed E-state index contributed by atoms with van der Waals surface area (Å²) in [6, 6.07) is 6.95. The molecular weight excluding hydrogens is 421 g/mol. The van der Waals surface area contributed by atoms with Crippen LogP contribution in [0.5, 0.6) is 5.75 Å². The molecule has 1 aliphatic carbocycles. The number of alkyl halides is 3. The molecule has 3 atom stereocenters. The van der Waals surface area contributed by atoms with E-state index in [4.69, 9.17) is 4.74 Å². The second kappa shape index (κ2) is 10.7. The number of rotatable bonds is 6. The molecule has 1 saturated carbocycles. The van der Waals surface area contributed by atoms with Crippen LogP contribution < -0.4 is 4.74 Å². The van der Waals surface area contributed by atoms with Gasteiger partial charge < -0.3 is 19.5 Å². The molecule has 0 radical (unpaired) electrons. The molecule has 8 heteroatoms. The zero-order valence-corrected chi connectivity index (χ0v) is 18.6. The van der Waals surface area contributed by atoms with Gasteiger partial charge in [-0.3, -0.25) is 4.90 Å². The minimum absolute atomic E-state index is 0.0120. The van der Waals surface area contributed by atoms with Gasteiger partial charge >= 0.3 is 6.36 Å². The first kappa shape index (κ1) is 23.8. The number of nitrogens with zero attached hydrogens (tertiary/aromatic N) is 2. The molecule has 4 rings (SSSR count). The molecule has 180 valence electrons. The van der Waals surface area contributed by atoms with Crippen molar-refractivity contribution in [2.24, 2.45) is 5.92 Å². The van der Waals surface area contributed by atoms with Crippen molar-refractivity contribution in [1.29, 1.82) is 0 Å². The molecule has 1 N–H and O–H groups in total. The maximum Gasteiger partial charge on any atom is 0.573 e. The molecule has 2 saturated heterocycles. The molecule has 0 spiro atoms. The fourth-order valence-electron chi connectivity index (χ4n) is 5.73. The molecular formula is C24H35F3N2O3. The second-order valence-electron chi connectivity index (χ2n) is 9.42. The lowest BCUT2D eigenvalue weighted by Crippen LogP contribution is -2.50. The predicted molar refractivity (Wildman–Crippen MR) is 116 cm³/mol. The third-order valence-corrected chi connectivity index (χ3v) is 7.39. The van der Waals surface area contributed by atoms with Gasteiger partial charge in [-0.2, -0.15) is 0 Å². The van der Waals surface area contributed by atoms with Gasteiger partial charge in [-0.1, -0.05) is 25.0 Å². The summed E-state index contributed by atoms with van der Waals surface area (Å²) in [7, 11) is 0. The summed E-state index contributed by atoms with van der Waals surface area (Å²) >= 11 is 0. The normalized spacial score (nSPS) is 27.9. The highest BCUT2D eigenvalue weighted by Gasteiger charge is 2.35. The van der Waals surface area contributed by atoms with Crippen molar-refractivity contribution in [2.45, 2.75) is 63.0 Å². The van der Waals surface area contributed by atoms with Crippen LogP contribution in [0.3, 0.4) is 0 Å². The first-order valence-electron chi connectivity index (χ1n) is 12.0. The number of hydrogen-bond acceptors (Lipinski definition) is 5. The van der Waals surface area contributed by atoms with Crippen LogP contribution >= 0.6 is 0 Å². The highest BCUT2D eigenvalue weighted by molar-refractivity contribution is 5.32. The highest BCUT2D eigenvalue weighted by atomic mass is 19.4. The van der Waals surface area contributed by atoms with Crippen molar-refractivity contribution in [3.63, 3.8) is 0 Å². The summed E-state index contributed by atoms with van der Waals surface area (Å²) in [5.74, 6) is -0.139. The Labute approximate surface area is 188 Å². The van der Waals surface area contributed by atoms with Crippen molar-refractivity contribution in [3.05, 3.63) is 29.8 Å². The minimum atomic E-state index is -4.71. The third-order valence-electron chi connectivity index (χ3n) is 7.39. The molecule has 0 bridgehead atoms. The molecule has 1 aromatic rings. The minimum Gasteiger partial charge on any atom is -0.406 e. The maximum absolute atomic E-state index is 12.8. The number of halogens is 3. The monoisotopic (exact) mass is 456 g/mol. The van der Waals surface area contributed by atoms with E-state index in [2.05, 4.69) is 14.5 Å². The Morgan fingerprint density at radius 3 is 2.44 bits per heavy atom. The van der Waals surface area contributed by atoms with E-state index in [9.17, 15) is 18.3 Å². The average Bonchev–Trinajstić information content (AvgIpc) is 2.78. The SMILES string of the molecule is OC1CCCCC1C(CN1CCC(N2CCOCC2)CC1)c1cccc(OC(F)(F)F)c1. The summed E-state index contributed by atoms with van der Waals surface area (Å²) < 4.78 is 48.0. The zero-order valence-electron chi connectivity index (χ0n) is 18.6. The van der Waals surface area contributed by atoms with Crippen LogP contribution in [0.1, 0.15) is 50.0 Å². The molecule has 3 unspecified atom stereocenters. The van der Waals surface area contributed by atoms with Gasteiger partial charge in [-0.15, -0.1) is 13.2 Å². The summed E-state index contributed by atoms with van der Waals surface area (Å²) in [6.45, 7) is 6.30. The lowest BCUT2D eigenvalue weighted by atomic mass is 9.74. The zero-order chi connectivity index (χ0) is 22.6. The van der Waals surface area contributed by atoms with Gasteiger partial charge in [-0.05, 0) is 62.4 Å². The topological polar surface area (TPSA) is 45.2 Å². The molecule has 2 heterocycles. The molecule has 2 aliphatic heterocycles. The quantitative estimate of drug-likeness (QED) is 0.701. The maximum atomic E-state index is 12.8. The largest absolute Gasteiger partial charge is 0.573 e. The van der Waals surface area contributed by atoms with E-state index in [1.54, 1.807) is 6.07 Å². The molecule has 5 nitrogen and oxygen atoms in total. The van der Waals surface area contributed by atoms with Crippen molar-refractivity contribution in [3.8, 4) is 5.75 Å². The van der Waals surface area contributed by atoms with Crippen LogP contribution in [-0.4, -0.2) is 79.4 Å². The first-order valence-corrected chi connectivity index (χ1v) is 12.0. The summed E-state index contributed by atoms with van der Waals surface area (Å²) in [5, 5.41) is 10.7. The second-order valence-corrected chi connectivity index (χ2v) is 9.42. The Morgan fingerprint density at radius 1 is 1.03 bits per heavy atom. The van der Waals surface area contributed by atoms with Crippen LogP contribution in [0.4, 0.5) is 13.2 Å². The van der Waals surface area contributed by atoms with E-state index in [-0.39, 0.29) is 17.6 Å². The lowest BCUT2D eigenvalue weighted by molar-refractivity contribution is -0.274. The van der Waals surface area contributed by atoms with Crippen LogP contribution in [0.15, 0.2) is 24.3 Å². The van der Waals surface area contributed by atoms with E-state index in [0.717, 1.165) is 90.0 Å². The van der Waals surface area contributed by atoms with E-state index >= 15 is 0 Å². The summed E-state index contributed by atoms with van der Waals surface area (Å²) in [6.07, 6.45) is 0.794.